The van der Waals surface area contributed by atoms with Gasteiger partial charge in [-0.1, -0.05) is 0 Å². The van der Waals surface area contributed by atoms with Gasteiger partial charge in [0.05, 0.1) is 18.1 Å². The number of halogens is 3. The number of rotatable bonds is 1. The van der Waals surface area contributed by atoms with Gasteiger partial charge in [0.2, 0.25) is 0 Å². The first-order valence-electron chi connectivity index (χ1n) is 7.08. The van der Waals surface area contributed by atoms with E-state index >= 15 is 0 Å². The van der Waals surface area contributed by atoms with Crippen molar-refractivity contribution in [2.45, 2.75) is 37.6 Å². The number of carbonyl (C=O) groups is 1. The summed E-state index contributed by atoms with van der Waals surface area (Å²) in [6.07, 6.45) is -4.84. The van der Waals surface area contributed by atoms with Gasteiger partial charge < -0.3 is 14.7 Å². The molecule has 0 saturated carbocycles. The number of nitrogens with zero attached hydrogens (tertiary/aromatic N) is 1. The number of likely N-dealkylation sites (tertiary alicyclic amines) is 1. The van der Waals surface area contributed by atoms with Crippen molar-refractivity contribution in [3.63, 3.8) is 0 Å². The highest BCUT2D eigenvalue weighted by atomic mass is 32.1. The maximum absolute atomic E-state index is 12.8. The molecule has 1 fully saturated rings. The standard InChI is InChI=1S/C14H16F3NO3S/c15-14(16,17)13(20)2-4-18(5-3-13)12(19)11-7-9-8-21-6-1-10(9)22-11/h7,20H,1-6,8H2. The third kappa shape index (κ3) is 2.75. The van der Waals surface area contributed by atoms with E-state index in [1.165, 1.54) is 16.2 Å². The molecule has 3 rings (SSSR count). The molecule has 22 heavy (non-hydrogen) atoms. The number of aliphatic hydroxyl groups is 1. The maximum atomic E-state index is 12.8. The number of thiophene rings is 1. The molecule has 1 aromatic rings. The predicted octanol–water partition coefficient (Wildman–Crippen LogP) is 2.35. The first-order valence-corrected chi connectivity index (χ1v) is 7.89. The highest BCUT2D eigenvalue weighted by molar-refractivity contribution is 7.14. The minimum atomic E-state index is -4.65. The molecule has 1 saturated heterocycles. The van der Waals surface area contributed by atoms with Gasteiger partial charge in [-0.3, -0.25) is 4.79 Å². The average molecular weight is 335 g/mol. The van der Waals surface area contributed by atoms with Crippen LogP contribution in [0.15, 0.2) is 6.07 Å². The zero-order chi connectivity index (χ0) is 16.0. The van der Waals surface area contributed by atoms with Crippen molar-refractivity contribution in [3.8, 4) is 0 Å². The van der Waals surface area contributed by atoms with Crippen LogP contribution in [0, 0.1) is 0 Å². The van der Waals surface area contributed by atoms with E-state index in [-0.39, 0.29) is 19.0 Å². The molecule has 122 valence electrons. The van der Waals surface area contributed by atoms with Crippen molar-refractivity contribution in [1.82, 2.24) is 4.90 Å². The second kappa shape index (κ2) is 5.50. The first kappa shape index (κ1) is 15.8. The monoisotopic (exact) mass is 335 g/mol. The van der Waals surface area contributed by atoms with Crippen LogP contribution in [0.3, 0.4) is 0 Å². The fourth-order valence-electron chi connectivity index (χ4n) is 2.77. The average Bonchev–Trinajstić information content (AvgIpc) is 2.90. The Balaban J connectivity index is 1.69. The molecule has 2 aliphatic heterocycles. The van der Waals surface area contributed by atoms with Gasteiger partial charge in [-0.05, 0) is 11.6 Å². The molecule has 0 unspecified atom stereocenters. The van der Waals surface area contributed by atoms with E-state index in [9.17, 15) is 23.1 Å². The molecule has 0 bridgehead atoms. The molecule has 1 aromatic heterocycles. The zero-order valence-corrected chi connectivity index (χ0v) is 12.6. The molecule has 0 aliphatic carbocycles. The first-order chi connectivity index (χ1) is 10.3. The van der Waals surface area contributed by atoms with Crippen molar-refractivity contribution in [2.75, 3.05) is 19.7 Å². The minimum Gasteiger partial charge on any atom is -0.380 e. The van der Waals surface area contributed by atoms with Crippen molar-refractivity contribution < 1.29 is 27.8 Å². The molecule has 1 N–H and O–H groups in total. The fourth-order valence-corrected chi connectivity index (χ4v) is 3.89. The van der Waals surface area contributed by atoms with Gasteiger partial charge in [-0.15, -0.1) is 11.3 Å². The SMILES string of the molecule is O=C(c1cc2c(s1)CCOC2)N1CCC(O)(C(F)(F)F)CC1. The topological polar surface area (TPSA) is 49.8 Å². The number of piperidine rings is 1. The Morgan fingerprint density at radius 3 is 2.64 bits per heavy atom. The molecule has 3 heterocycles. The second-order valence-corrected chi connectivity index (χ2v) is 6.82. The number of hydrogen-bond donors (Lipinski definition) is 1. The van der Waals surface area contributed by atoms with Crippen LogP contribution >= 0.6 is 11.3 Å². The Morgan fingerprint density at radius 1 is 1.36 bits per heavy atom. The molecule has 2 aliphatic rings. The van der Waals surface area contributed by atoms with E-state index < -0.39 is 24.6 Å². The van der Waals surface area contributed by atoms with Crippen LogP contribution < -0.4 is 0 Å². The molecule has 0 radical (unpaired) electrons. The molecule has 0 atom stereocenters. The molecule has 8 heteroatoms. The third-order valence-electron chi connectivity index (χ3n) is 4.24. The van der Waals surface area contributed by atoms with E-state index in [0.29, 0.717) is 18.1 Å². The van der Waals surface area contributed by atoms with Crippen molar-refractivity contribution in [2.24, 2.45) is 0 Å². The molecular weight excluding hydrogens is 319 g/mol. The second-order valence-electron chi connectivity index (χ2n) is 5.68. The van der Waals surface area contributed by atoms with Crippen molar-refractivity contribution in [3.05, 3.63) is 21.4 Å². The Bertz CT molecular complexity index is 553. The van der Waals surface area contributed by atoms with Crippen LogP contribution in [0.4, 0.5) is 13.2 Å². The van der Waals surface area contributed by atoms with E-state index in [4.69, 9.17) is 4.74 Å². The zero-order valence-electron chi connectivity index (χ0n) is 11.8. The van der Waals surface area contributed by atoms with Crippen LogP contribution in [0.5, 0.6) is 0 Å². The summed E-state index contributed by atoms with van der Waals surface area (Å²) in [4.78, 5) is 15.4. The molecule has 4 nitrogen and oxygen atoms in total. The number of hydrogen-bond acceptors (Lipinski definition) is 4. The van der Waals surface area contributed by atoms with E-state index in [1.54, 1.807) is 6.07 Å². The lowest BCUT2D eigenvalue weighted by Gasteiger charge is -2.38. The molecule has 0 spiro atoms. The van der Waals surface area contributed by atoms with Crippen molar-refractivity contribution in [1.29, 1.82) is 0 Å². The molecular formula is C14H16F3NO3S. The summed E-state index contributed by atoms with van der Waals surface area (Å²) in [6.45, 7) is 0.929. The summed E-state index contributed by atoms with van der Waals surface area (Å²) in [5, 5.41) is 9.63. The number of carbonyl (C=O) groups excluding carboxylic acids is 1. The van der Waals surface area contributed by atoms with Crippen LogP contribution in [-0.2, 0) is 17.8 Å². The Hall–Kier alpha value is -1.12. The number of fused-ring (bicyclic) bond motifs is 1. The lowest BCUT2D eigenvalue weighted by molar-refractivity contribution is -0.271. The summed E-state index contributed by atoms with van der Waals surface area (Å²) >= 11 is 1.39. The van der Waals surface area contributed by atoms with Gasteiger partial charge >= 0.3 is 6.18 Å². The summed E-state index contributed by atoms with van der Waals surface area (Å²) < 4.78 is 43.6. The van der Waals surface area contributed by atoms with Gasteiger partial charge in [-0.2, -0.15) is 13.2 Å². The fraction of sp³-hybridized carbons (Fsp3) is 0.643. The highest BCUT2D eigenvalue weighted by Crippen LogP contribution is 2.39. The predicted molar refractivity (Wildman–Crippen MR) is 73.8 cm³/mol. The van der Waals surface area contributed by atoms with E-state index in [2.05, 4.69) is 0 Å². The van der Waals surface area contributed by atoms with Gasteiger partial charge in [-0.25, -0.2) is 0 Å². The molecule has 0 aromatic carbocycles. The lowest BCUT2D eigenvalue weighted by Crippen LogP contribution is -2.54. The van der Waals surface area contributed by atoms with E-state index in [0.717, 1.165) is 16.9 Å². The number of ether oxygens (including phenoxy) is 1. The Kier molecular flexibility index (Phi) is 3.94. The van der Waals surface area contributed by atoms with Gasteiger partial charge in [0.15, 0.2) is 5.60 Å². The quantitative estimate of drug-likeness (QED) is 0.857. The summed E-state index contributed by atoms with van der Waals surface area (Å²) in [6, 6.07) is 1.77. The highest BCUT2D eigenvalue weighted by Gasteiger charge is 2.54. The Morgan fingerprint density at radius 2 is 2.05 bits per heavy atom. The van der Waals surface area contributed by atoms with E-state index in [1.807, 2.05) is 0 Å². The molecule has 1 amide bonds. The van der Waals surface area contributed by atoms with Crippen LogP contribution in [0.1, 0.15) is 33.0 Å². The van der Waals surface area contributed by atoms with Gasteiger partial charge in [0.25, 0.3) is 5.91 Å². The number of alkyl halides is 3. The lowest BCUT2D eigenvalue weighted by atomic mass is 9.91. The largest absolute Gasteiger partial charge is 0.417 e. The minimum absolute atomic E-state index is 0.0894. The Labute approximate surface area is 129 Å². The number of amides is 1. The van der Waals surface area contributed by atoms with Crippen LogP contribution in [0.2, 0.25) is 0 Å². The normalized spacial score (nSPS) is 21.5. The van der Waals surface area contributed by atoms with Crippen molar-refractivity contribution >= 4 is 17.2 Å². The van der Waals surface area contributed by atoms with Gasteiger partial charge in [0.1, 0.15) is 0 Å². The third-order valence-corrected chi connectivity index (χ3v) is 5.47. The summed E-state index contributed by atoms with van der Waals surface area (Å²) in [5.41, 5.74) is -1.69. The maximum Gasteiger partial charge on any atom is 0.417 e. The van der Waals surface area contributed by atoms with Crippen LogP contribution in [0.25, 0.3) is 0 Å². The smallest absolute Gasteiger partial charge is 0.380 e. The van der Waals surface area contributed by atoms with Crippen LogP contribution in [-0.4, -0.2) is 47.4 Å². The van der Waals surface area contributed by atoms with Gasteiger partial charge in [0, 0.05) is 37.2 Å². The summed E-state index contributed by atoms with van der Waals surface area (Å²) in [5.74, 6) is -0.261. The summed E-state index contributed by atoms with van der Waals surface area (Å²) in [7, 11) is 0.